The van der Waals surface area contributed by atoms with Crippen molar-refractivity contribution >= 4 is 41.8 Å². The Morgan fingerprint density at radius 1 is 1.39 bits per heavy atom. The molecule has 0 spiro atoms. The molecule has 1 heterocycles. The molecule has 1 amide bonds. The van der Waals surface area contributed by atoms with Gasteiger partial charge in [0.2, 0.25) is 5.91 Å². The molecule has 2 N–H and O–H groups in total. The Kier molecular flexibility index (Phi) is 9.12. The highest BCUT2D eigenvalue weighted by atomic mass is 35.5. The number of halogens is 3. The van der Waals surface area contributed by atoms with E-state index in [2.05, 4.69) is 15.6 Å². The normalized spacial score (nSPS) is 11.5. The molecule has 0 aliphatic rings. The summed E-state index contributed by atoms with van der Waals surface area (Å²) in [6, 6.07) is 4.57. The molecular weight excluding hydrogens is 342 g/mol. The lowest BCUT2D eigenvalue weighted by Crippen LogP contribution is -2.35. The highest BCUT2D eigenvalue weighted by Gasteiger charge is 2.12. The van der Waals surface area contributed by atoms with Gasteiger partial charge in [-0.05, 0) is 19.2 Å². The van der Waals surface area contributed by atoms with Crippen LogP contribution in [0.1, 0.15) is 12.7 Å². The maximum atomic E-state index is 13.2. The first-order chi connectivity index (χ1) is 10.0. The third-order valence-corrected chi connectivity index (χ3v) is 3.54. The minimum atomic E-state index is -0.290. The molecule has 0 saturated carbocycles. The third-order valence-electron chi connectivity index (χ3n) is 3.54. The number of nitrogens with zero attached hydrogens (tertiary/aromatic N) is 2. The largest absolute Gasteiger partial charge is 0.355 e. The summed E-state index contributed by atoms with van der Waals surface area (Å²) >= 11 is 0. The van der Waals surface area contributed by atoms with Crippen LogP contribution < -0.4 is 10.6 Å². The summed E-state index contributed by atoms with van der Waals surface area (Å²) in [6.07, 6.45) is 0.616. The van der Waals surface area contributed by atoms with Gasteiger partial charge in [0.05, 0.1) is 11.0 Å². The average Bonchev–Trinajstić information content (AvgIpc) is 2.75. The molecule has 1 aromatic heterocycles. The standard InChI is InChI=1S/C15H21FN4O.2ClH/c1-10(9-17-2)15(21)18-7-6-14-19-12-8-11(16)4-5-13(12)20(14)3;;/h4-5,8,10,17H,6-7,9H2,1-3H3,(H,18,21);2*1H. The Labute approximate surface area is 147 Å². The van der Waals surface area contributed by atoms with Crippen LogP contribution in [0.25, 0.3) is 11.0 Å². The second-order valence-electron chi connectivity index (χ2n) is 5.22. The van der Waals surface area contributed by atoms with Crippen molar-refractivity contribution in [1.29, 1.82) is 0 Å². The van der Waals surface area contributed by atoms with Crippen molar-refractivity contribution in [1.82, 2.24) is 20.2 Å². The van der Waals surface area contributed by atoms with Gasteiger partial charge in [0, 0.05) is 38.5 Å². The number of rotatable bonds is 6. The number of aryl methyl sites for hydroxylation is 1. The summed E-state index contributed by atoms with van der Waals surface area (Å²) in [6.45, 7) is 3.05. The number of aromatic nitrogens is 2. The number of carbonyl (C=O) groups is 1. The van der Waals surface area contributed by atoms with Crippen LogP contribution in [0.3, 0.4) is 0 Å². The molecule has 130 valence electrons. The van der Waals surface area contributed by atoms with Gasteiger partial charge in [0.15, 0.2) is 0 Å². The number of fused-ring (bicyclic) bond motifs is 1. The quantitative estimate of drug-likeness (QED) is 0.824. The number of hydrogen-bond acceptors (Lipinski definition) is 3. The van der Waals surface area contributed by atoms with Gasteiger partial charge in [-0.25, -0.2) is 9.37 Å². The molecule has 0 fully saturated rings. The monoisotopic (exact) mass is 364 g/mol. The van der Waals surface area contributed by atoms with Crippen LogP contribution in [-0.2, 0) is 18.3 Å². The number of carbonyl (C=O) groups excluding carboxylic acids is 1. The molecule has 2 aromatic rings. The van der Waals surface area contributed by atoms with E-state index in [0.29, 0.717) is 25.0 Å². The maximum Gasteiger partial charge on any atom is 0.224 e. The summed E-state index contributed by atoms with van der Waals surface area (Å²) in [4.78, 5) is 16.2. The van der Waals surface area contributed by atoms with E-state index in [0.717, 1.165) is 11.3 Å². The zero-order valence-corrected chi connectivity index (χ0v) is 15.1. The molecule has 2 rings (SSSR count). The van der Waals surface area contributed by atoms with Crippen molar-refractivity contribution in [2.75, 3.05) is 20.1 Å². The summed E-state index contributed by atoms with van der Waals surface area (Å²) in [5.41, 5.74) is 1.53. The Morgan fingerprint density at radius 2 is 2.09 bits per heavy atom. The molecule has 1 aromatic carbocycles. The Bertz CT molecular complexity index is 648. The van der Waals surface area contributed by atoms with E-state index in [1.54, 1.807) is 6.07 Å². The van der Waals surface area contributed by atoms with Crippen LogP contribution in [0.4, 0.5) is 4.39 Å². The number of nitrogens with one attached hydrogen (secondary N) is 2. The SMILES string of the molecule is CNCC(C)C(=O)NCCc1nc2cc(F)ccc2n1C.Cl.Cl. The minimum absolute atomic E-state index is 0. The molecule has 0 aliphatic heterocycles. The van der Waals surface area contributed by atoms with E-state index in [4.69, 9.17) is 0 Å². The van der Waals surface area contributed by atoms with Crippen molar-refractivity contribution in [3.63, 3.8) is 0 Å². The molecule has 0 aliphatic carbocycles. The van der Waals surface area contributed by atoms with Crippen LogP contribution in [0.5, 0.6) is 0 Å². The van der Waals surface area contributed by atoms with Gasteiger partial charge in [-0.2, -0.15) is 0 Å². The van der Waals surface area contributed by atoms with Gasteiger partial charge in [-0.3, -0.25) is 4.79 Å². The lowest BCUT2D eigenvalue weighted by Gasteiger charge is -2.11. The van der Waals surface area contributed by atoms with Gasteiger partial charge in [0.25, 0.3) is 0 Å². The number of amides is 1. The maximum absolute atomic E-state index is 13.2. The number of hydrogen-bond donors (Lipinski definition) is 2. The van der Waals surface area contributed by atoms with E-state index in [1.165, 1.54) is 12.1 Å². The molecule has 23 heavy (non-hydrogen) atoms. The van der Waals surface area contributed by atoms with Crippen LogP contribution in [0, 0.1) is 11.7 Å². The molecule has 0 radical (unpaired) electrons. The first-order valence-electron chi connectivity index (χ1n) is 7.06. The lowest BCUT2D eigenvalue weighted by molar-refractivity contribution is -0.124. The van der Waals surface area contributed by atoms with Crippen LogP contribution in [-0.4, -0.2) is 35.6 Å². The molecule has 8 heteroatoms. The molecular formula is C15H23Cl2FN4O. The second-order valence-corrected chi connectivity index (χ2v) is 5.22. The van der Waals surface area contributed by atoms with Gasteiger partial charge in [-0.1, -0.05) is 6.92 Å². The topological polar surface area (TPSA) is 59.0 Å². The first-order valence-corrected chi connectivity index (χ1v) is 7.06. The smallest absolute Gasteiger partial charge is 0.224 e. The summed E-state index contributed by atoms with van der Waals surface area (Å²) in [5.74, 6) is 0.497. The van der Waals surface area contributed by atoms with Gasteiger partial charge < -0.3 is 15.2 Å². The zero-order valence-electron chi connectivity index (χ0n) is 13.4. The molecule has 0 bridgehead atoms. The number of benzene rings is 1. The fourth-order valence-corrected chi connectivity index (χ4v) is 2.32. The second kappa shape index (κ2) is 9.70. The lowest BCUT2D eigenvalue weighted by atomic mass is 10.1. The van der Waals surface area contributed by atoms with Crippen molar-refractivity contribution in [3.05, 3.63) is 29.8 Å². The van der Waals surface area contributed by atoms with E-state index in [1.807, 2.05) is 25.6 Å². The Hall–Kier alpha value is -1.37. The fraction of sp³-hybridized carbons (Fsp3) is 0.467. The van der Waals surface area contributed by atoms with Crippen LogP contribution >= 0.6 is 24.8 Å². The summed E-state index contributed by atoms with van der Waals surface area (Å²) in [7, 11) is 3.72. The summed E-state index contributed by atoms with van der Waals surface area (Å²) in [5, 5.41) is 5.87. The molecule has 5 nitrogen and oxygen atoms in total. The van der Waals surface area contributed by atoms with Crippen molar-refractivity contribution in [2.24, 2.45) is 13.0 Å². The van der Waals surface area contributed by atoms with E-state index in [-0.39, 0.29) is 42.5 Å². The van der Waals surface area contributed by atoms with Crippen molar-refractivity contribution in [3.8, 4) is 0 Å². The van der Waals surface area contributed by atoms with Crippen LogP contribution in [0.15, 0.2) is 18.2 Å². The van der Waals surface area contributed by atoms with E-state index >= 15 is 0 Å². The highest BCUT2D eigenvalue weighted by Crippen LogP contribution is 2.16. The summed E-state index contributed by atoms with van der Waals surface area (Å²) < 4.78 is 15.1. The minimum Gasteiger partial charge on any atom is -0.355 e. The predicted molar refractivity (Wildman–Crippen MR) is 95.0 cm³/mol. The average molecular weight is 365 g/mol. The molecule has 0 saturated heterocycles. The highest BCUT2D eigenvalue weighted by molar-refractivity contribution is 5.85. The fourth-order valence-electron chi connectivity index (χ4n) is 2.32. The number of imidazole rings is 1. The Morgan fingerprint density at radius 3 is 2.74 bits per heavy atom. The van der Waals surface area contributed by atoms with E-state index in [9.17, 15) is 9.18 Å². The molecule has 1 atom stereocenters. The first kappa shape index (κ1) is 21.6. The Balaban J connectivity index is 0.00000242. The van der Waals surface area contributed by atoms with Crippen LogP contribution in [0.2, 0.25) is 0 Å². The predicted octanol–water partition coefficient (Wildman–Crippen LogP) is 2.07. The van der Waals surface area contributed by atoms with Gasteiger partial charge in [-0.15, -0.1) is 24.8 Å². The zero-order chi connectivity index (χ0) is 15.4. The van der Waals surface area contributed by atoms with Gasteiger partial charge >= 0.3 is 0 Å². The van der Waals surface area contributed by atoms with Crippen molar-refractivity contribution < 1.29 is 9.18 Å². The van der Waals surface area contributed by atoms with E-state index < -0.39 is 0 Å². The molecule has 1 unspecified atom stereocenters. The van der Waals surface area contributed by atoms with Crippen molar-refractivity contribution in [2.45, 2.75) is 13.3 Å². The van der Waals surface area contributed by atoms with Gasteiger partial charge in [0.1, 0.15) is 11.6 Å². The third kappa shape index (κ3) is 5.34.